The van der Waals surface area contributed by atoms with E-state index in [1.807, 2.05) is 0 Å². The van der Waals surface area contributed by atoms with Gasteiger partial charge in [0.25, 0.3) is 0 Å². The molecule has 7 nitrogen and oxygen atoms in total. The Morgan fingerprint density at radius 2 is 1.93 bits per heavy atom. The van der Waals surface area contributed by atoms with E-state index < -0.39 is 33.9 Å². The number of rotatable bonds is 3. The molecule has 1 atom stereocenters. The third kappa shape index (κ3) is 3.39. The summed E-state index contributed by atoms with van der Waals surface area (Å²) in [5, 5.41) is 13.0. The smallest absolute Gasteiger partial charge is 0.325 e. The number of carboxylic acids is 1. The highest BCUT2D eigenvalue weighted by atomic mass is 32.2. The van der Waals surface area contributed by atoms with Crippen LogP contribution in [0.15, 0.2) is 0 Å². The molecule has 2 amide bonds. The minimum atomic E-state index is -2.98. The molecular weight excluding hydrogens is 224 g/mol. The maximum Gasteiger partial charge on any atom is 0.325 e. The van der Waals surface area contributed by atoms with Gasteiger partial charge in [-0.05, 0) is 6.92 Å². The van der Waals surface area contributed by atoms with Crippen molar-refractivity contribution in [1.29, 1.82) is 0 Å². The molecule has 0 aromatic heterocycles. The molecule has 0 aromatic carbocycles. The number of hydrogen-bond donors (Lipinski definition) is 3. The Kier molecular flexibility index (Phi) is 3.18. The molecule has 1 saturated heterocycles. The van der Waals surface area contributed by atoms with Gasteiger partial charge >= 0.3 is 12.0 Å². The van der Waals surface area contributed by atoms with Crippen LogP contribution in [0.1, 0.15) is 6.92 Å². The number of amides is 2. The van der Waals surface area contributed by atoms with Crippen molar-refractivity contribution >= 4 is 21.8 Å². The molecule has 86 valence electrons. The highest BCUT2D eigenvalue weighted by Gasteiger charge is 2.34. The summed E-state index contributed by atoms with van der Waals surface area (Å²) in [5.74, 6) is -1.31. The summed E-state index contributed by atoms with van der Waals surface area (Å²) in [7, 11) is -2.98. The Hall–Kier alpha value is -1.31. The largest absolute Gasteiger partial charge is 0.480 e. The zero-order valence-corrected chi connectivity index (χ0v) is 8.87. The molecule has 0 aromatic rings. The molecule has 1 heterocycles. The fraction of sp³-hybridized carbons (Fsp3) is 0.714. The predicted molar refractivity (Wildman–Crippen MR) is 51.2 cm³/mol. The van der Waals surface area contributed by atoms with Gasteiger partial charge in [0.05, 0.1) is 17.5 Å². The van der Waals surface area contributed by atoms with Crippen LogP contribution in [0.25, 0.3) is 0 Å². The van der Waals surface area contributed by atoms with E-state index in [0.717, 1.165) is 0 Å². The number of sulfone groups is 1. The SMILES string of the molecule is CC(NC(=O)NC1CS(=O)(=O)C1)C(=O)O. The third-order valence-electron chi connectivity index (χ3n) is 1.96. The van der Waals surface area contributed by atoms with Crippen LogP contribution < -0.4 is 10.6 Å². The van der Waals surface area contributed by atoms with Crippen molar-refractivity contribution in [2.45, 2.75) is 19.0 Å². The zero-order chi connectivity index (χ0) is 11.6. The average molecular weight is 236 g/mol. The van der Waals surface area contributed by atoms with E-state index >= 15 is 0 Å². The lowest BCUT2D eigenvalue weighted by molar-refractivity contribution is -0.138. The van der Waals surface area contributed by atoms with Gasteiger partial charge in [0.1, 0.15) is 6.04 Å². The number of carbonyl (C=O) groups is 2. The van der Waals surface area contributed by atoms with Gasteiger partial charge in [0.15, 0.2) is 9.84 Å². The molecule has 0 aliphatic carbocycles. The lowest BCUT2D eigenvalue weighted by Gasteiger charge is -2.26. The van der Waals surface area contributed by atoms with E-state index in [1.54, 1.807) is 0 Å². The first-order valence-corrected chi connectivity index (χ1v) is 6.12. The number of nitrogens with one attached hydrogen (secondary N) is 2. The monoisotopic (exact) mass is 236 g/mol. The van der Waals surface area contributed by atoms with E-state index in [2.05, 4.69) is 10.6 Å². The fourth-order valence-electron chi connectivity index (χ4n) is 1.13. The second-order valence-corrected chi connectivity index (χ2v) is 5.61. The van der Waals surface area contributed by atoms with Crippen molar-refractivity contribution in [2.75, 3.05) is 11.5 Å². The third-order valence-corrected chi connectivity index (χ3v) is 3.78. The Balaban J connectivity index is 2.29. The number of carbonyl (C=O) groups excluding carboxylic acids is 1. The highest BCUT2D eigenvalue weighted by molar-refractivity contribution is 7.92. The minimum absolute atomic E-state index is 0.0815. The molecular formula is C7H12N2O5S. The average Bonchev–Trinajstić information content (AvgIpc) is 1.99. The fourth-order valence-corrected chi connectivity index (χ4v) is 2.43. The van der Waals surface area contributed by atoms with E-state index in [9.17, 15) is 18.0 Å². The van der Waals surface area contributed by atoms with Gasteiger partial charge in [-0.15, -0.1) is 0 Å². The van der Waals surface area contributed by atoms with Gasteiger partial charge in [0.2, 0.25) is 0 Å². The topological polar surface area (TPSA) is 113 Å². The van der Waals surface area contributed by atoms with Gasteiger partial charge in [-0.3, -0.25) is 4.79 Å². The van der Waals surface area contributed by atoms with Gasteiger partial charge < -0.3 is 15.7 Å². The number of carboxylic acid groups (broad SMARTS) is 1. The second-order valence-electron chi connectivity index (χ2n) is 3.45. The first-order chi connectivity index (χ1) is 6.80. The minimum Gasteiger partial charge on any atom is -0.480 e. The lowest BCUT2D eigenvalue weighted by Crippen LogP contribution is -2.56. The Morgan fingerprint density at radius 3 is 2.33 bits per heavy atom. The number of aliphatic carboxylic acids is 1. The quantitative estimate of drug-likeness (QED) is 0.555. The molecule has 0 radical (unpaired) electrons. The molecule has 3 N–H and O–H groups in total. The molecule has 15 heavy (non-hydrogen) atoms. The summed E-state index contributed by atoms with van der Waals surface area (Å²) in [5.41, 5.74) is 0. The summed E-state index contributed by atoms with van der Waals surface area (Å²) in [6, 6.07) is -2.07. The van der Waals surface area contributed by atoms with Crippen LogP contribution in [0, 0.1) is 0 Å². The van der Waals surface area contributed by atoms with Crippen LogP contribution in [0.5, 0.6) is 0 Å². The van der Waals surface area contributed by atoms with Gasteiger partial charge in [-0.25, -0.2) is 13.2 Å². The summed E-state index contributed by atoms with van der Waals surface area (Å²) in [6.45, 7) is 1.32. The molecule has 0 bridgehead atoms. The zero-order valence-electron chi connectivity index (χ0n) is 8.06. The van der Waals surface area contributed by atoms with E-state index in [4.69, 9.17) is 5.11 Å². The Morgan fingerprint density at radius 1 is 1.40 bits per heavy atom. The number of hydrogen-bond acceptors (Lipinski definition) is 4. The van der Waals surface area contributed by atoms with E-state index in [-0.39, 0.29) is 11.5 Å². The maximum atomic E-state index is 11.1. The maximum absolute atomic E-state index is 11.1. The summed E-state index contributed by atoms with van der Waals surface area (Å²) < 4.78 is 21.5. The second kappa shape index (κ2) is 4.05. The first kappa shape index (κ1) is 11.8. The predicted octanol–water partition coefficient (Wildman–Crippen LogP) is -1.44. The van der Waals surface area contributed by atoms with Crippen LogP contribution in [0.3, 0.4) is 0 Å². The Labute approximate surface area is 86.8 Å². The van der Waals surface area contributed by atoms with E-state index in [0.29, 0.717) is 0 Å². The van der Waals surface area contributed by atoms with Crippen LogP contribution in [0.2, 0.25) is 0 Å². The molecule has 1 fully saturated rings. The van der Waals surface area contributed by atoms with Crippen molar-refractivity contribution in [2.24, 2.45) is 0 Å². The van der Waals surface area contributed by atoms with Crippen molar-refractivity contribution in [1.82, 2.24) is 10.6 Å². The van der Waals surface area contributed by atoms with Gasteiger partial charge in [-0.1, -0.05) is 0 Å². The van der Waals surface area contributed by atoms with Crippen LogP contribution >= 0.6 is 0 Å². The standard InChI is InChI=1S/C7H12N2O5S/c1-4(6(10)11)8-7(12)9-5-2-15(13,14)3-5/h4-5H,2-3H2,1H3,(H,10,11)(H2,8,9,12). The Bertz CT molecular complexity index is 365. The summed E-state index contributed by atoms with van der Waals surface area (Å²) in [6.07, 6.45) is 0. The van der Waals surface area contributed by atoms with Crippen LogP contribution in [-0.2, 0) is 14.6 Å². The summed E-state index contributed by atoms with van der Waals surface area (Å²) >= 11 is 0. The molecule has 1 aliphatic rings. The highest BCUT2D eigenvalue weighted by Crippen LogP contribution is 2.09. The normalized spacial score (nSPS) is 21.1. The van der Waals surface area contributed by atoms with Crippen molar-refractivity contribution < 1.29 is 23.1 Å². The van der Waals surface area contributed by atoms with Gasteiger partial charge in [0, 0.05) is 0 Å². The molecule has 1 unspecified atom stereocenters. The molecule has 8 heteroatoms. The summed E-state index contributed by atoms with van der Waals surface area (Å²) in [4.78, 5) is 21.5. The molecule has 1 rings (SSSR count). The van der Waals surface area contributed by atoms with Crippen LogP contribution in [-0.4, -0.2) is 49.1 Å². The van der Waals surface area contributed by atoms with Crippen LogP contribution in [0.4, 0.5) is 4.79 Å². The lowest BCUT2D eigenvalue weighted by atomic mass is 10.3. The molecule has 1 aliphatic heterocycles. The van der Waals surface area contributed by atoms with Crippen molar-refractivity contribution in [3.8, 4) is 0 Å². The van der Waals surface area contributed by atoms with Gasteiger partial charge in [-0.2, -0.15) is 0 Å². The number of urea groups is 1. The van der Waals surface area contributed by atoms with Crippen molar-refractivity contribution in [3.63, 3.8) is 0 Å². The molecule has 0 saturated carbocycles. The molecule has 0 spiro atoms. The van der Waals surface area contributed by atoms with Crippen molar-refractivity contribution in [3.05, 3.63) is 0 Å². The van der Waals surface area contributed by atoms with E-state index in [1.165, 1.54) is 6.92 Å². The first-order valence-electron chi connectivity index (χ1n) is 4.30.